The first-order valence-corrected chi connectivity index (χ1v) is 7.92. The second-order valence-electron chi connectivity index (χ2n) is 4.99. The molecule has 0 aromatic heterocycles. The van der Waals surface area contributed by atoms with Crippen LogP contribution in [0.5, 0.6) is 0 Å². The van der Waals surface area contributed by atoms with E-state index in [0.717, 1.165) is 12.8 Å². The lowest BCUT2D eigenvalue weighted by molar-refractivity contribution is -0.0631. The molecule has 0 aromatic rings. The molecular formula is C11H21NO3S. The SMILES string of the molecule is CCC1(CC)COC2CCS(=O)(=O)CC2N1. The average molecular weight is 247 g/mol. The predicted molar refractivity (Wildman–Crippen MR) is 63.2 cm³/mol. The fourth-order valence-corrected chi connectivity index (χ4v) is 4.26. The lowest BCUT2D eigenvalue weighted by Crippen LogP contribution is -2.65. The van der Waals surface area contributed by atoms with Gasteiger partial charge in [0.1, 0.15) is 0 Å². The van der Waals surface area contributed by atoms with Crippen LogP contribution in [-0.2, 0) is 14.6 Å². The van der Waals surface area contributed by atoms with Gasteiger partial charge in [0.2, 0.25) is 0 Å². The number of nitrogens with one attached hydrogen (secondary N) is 1. The summed E-state index contributed by atoms with van der Waals surface area (Å²) in [7, 11) is -2.86. The number of hydrogen-bond acceptors (Lipinski definition) is 4. The van der Waals surface area contributed by atoms with Crippen molar-refractivity contribution < 1.29 is 13.2 Å². The van der Waals surface area contributed by atoms with Gasteiger partial charge in [0.25, 0.3) is 0 Å². The van der Waals surface area contributed by atoms with Crippen molar-refractivity contribution in [2.75, 3.05) is 18.1 Å². The maximum atomic E-state index is 11.6. The Kier molecular flexibility index (Phi) is 3.29. The van der Waals surface area contributed by atoms with E-state index in [2.05, 4.69) is 19.2 Å². The molecule has 1 N–H and O–H groups in total. The van der Waals surface area contributed by atoms with Crippen molar-refractivity contribution in [3.05, 3.63) is 0 Å². The molecular weight excluding hydrogens is 226 g/mol. The van der Waals surface area contributed by atoms with Gasteiger partial charge in [0.15, 0.2) is 9.84 Å². The van der Waals surface area contributed by atoms with Crippen molar-refractivity contribution in [1.29, 1.82) is 0 Å². The molecule has 2 heterocycles. The molecule has 2 saturated heterocycles. The summed E-state index contributed by atoms with van der Waals surface area (Å²) in [6, 6.07) is -0.00704. The summed E-state index contributed by atoms with van der Waals surface area (Å²) in [4.78, 5) is 0. The smallest absolute Gasteiger partial charge is 0.152 e. The van der Waals surface area contributed by atoms with Gasteiger partial charge in [-0.3, -0.25) is 0 Å². The Hall–Kier alpha value is -0.130. The van der Waals surface area contributed by atoms with Gasteiger partial charge in [-0.05, 0) is 19.3 Å². The minimum atomic E-state index is -2.86. The molecule has 5 heteroatoms. The minimum absolute atomic E-state index is 0.00704. The van der Waals surface area contributed by atoms with E-state index in [1.807, 2.05) is 0 Å². The van der Waals surface area contributed by atoms with Crippen molar-refractivity contribution in [1.82, 2.24) is 5.32 Å². The second kappa shape index (κ2) is 4.27. The predicted octanol–water partition coefficient (Wildman–Crippen LogP) is 0.721. The zero-order valence-electron chi connectivity index (χ0n) is 10.0. The van der Waals surface area contributed by atoms with Gasteiger partial charge in [-0.25, -0.2) is 8.42 Å². The van der Waals surface area contributed by atoms with Gasteiger partial charge < -0.3 is 10.1 Å². The monoisotopic (exact) mass is 247 g/mol. The molecule has 0 bridgehead atoms. The van der Waals surface area contributed by atoms with Crippen LogP contribution in [0.4, 0.5) is 0 Å². The molecule has 2 unspecified atom stereocenters. The van der Waals surface area contributed by atoms with Crippen LogP contribution in [0.1, 0.15) is 33.1 Å². The largest absolute Gasteiger partial charge is 0.375 e. The molecule has 2 aliphatic rings. The molecule has 2 fully saturated rings. The highest BCUT2D eigenvalue weighted by atomic mass is 32.2. The molecule has 94 valence electrons. The van der Waals surface area contributed by atoms with Crippen LogP contribution in [0.3, 0.4) is 0 Å². The maximum Gasteiger partial charge on any atom is 0.152 e. The molecule has 2 aliphatic heterocycles. The summed E-state index contributed by atoms with van der Waals surface area (Å²) in [6.07, 6.45) is 2.69. The Balaban J connectivity index is 2.12. The van der Waals surface area contributed by atoms with Crippen LogP contribution in [0, 0.1) is 0 Å². The van der Waals surface area contributed by atoms with E-state index in [1.165, 1.54) is 0 Å². The van der Waals surface area contributed by atoms with Crippen molar-refractivity contribution in [3.63, 3.8) is 0 Å². The van der Waals surface area contributed by atoms with Gasteiger partial charge in [0.05, 0.1) is 24.2 Å². The quantitative estimate of drug-likeness (QED) is 0.781. The van der Waals surface area contributed by atoms with E-state index in [9.17, 15) is 8.42 Å². The lowest BCUT2D eigenvalue weighted by atomic mass is 9.89. The standard InChI is InChI=1S/C11H21NO3S/c1-3-11(4-2)8-15-10-5-6-16(13,14)7-9(10)12-11/h9-10,12H,3-8H2,1-2H3. The number of sulfone groups is 1. The first kappa shape index (κ1) is 12.3. The van der Waals surface area contributed by atoms with Gasteiger partial charge in [-0.15, -0.1) is 0 Å². The van der Waals surface area contributed by atoms with Crippen LogP contribution >= 0.6 is 0 Å². The number of fused-ring (bicyclic) bond motifs is 1. The van der Waals surface area contributed by atoms with Crippen molar-refractivity contribution >= 4 is 9.84 Å². The Labute approximate surface area is 97.7 Å². The van der Waals surface area contributed by atoms with E-state index in [-0.39, 0.29) is 29.2 Å². The second-order valence-corrected chi connectivity index (χ2v) is 7.22. The van der Waals surface area contributed by atoms with Crippen LogP contribution in [0.25, 0.3) is 0 Å². The van der Waals surface area contributed by atoms with E-state index in [1.54, 1.807) is 0 Å². The van der Waals surface area contributed by atoms with Crippen LogP contribution in [0.2, 0.25) is 0 Å². The molecule has 0 radical (unpaired) electrons. The molecule has 0 aromatic carbocycles. The third kappa shape index (κ3) is 2.26. The third-order valence-electron chi connectivity index (χ3n) is 4.01. The highest BCUT2D eigenvalue weighted by molar-refractivity contribution is 7.91. The Morgan fingerprint density at radius 1 is 1.38 bits per heavy atom. The number of morpholine rings is 1. The first-order chi connectivity index (χ1) is 7.50. The summed E-state index contributed by atoms with van der Waals surface area (Å²) in [5.74, 6) is 0.514. The minimum Gasteiger partial charge on any atom is -0.375 e. The Morgan fingerprint density at radius 3 is 2.69 bits per heavy atom. The van der Waals surface area contributed by atoms with Crippen LogP contribution in [-0.4, -0.2) is 44.2 Å². The van der Waals surface area contributed by atoms with E-state index in [4.69, 9.17) is 4.74 Å². The van der Waals surface area contributed by atoms with Crippen molar-refractivity contribution in [2.24, 2.45) is 0 Å². The average Bonchev–Trinajstić information content (AvgIpc) is 2.27. The fourth-order valence-electron chi connectivity index (χ4n) is 2.65. The normalized spacial score (nSPS) is 36.6. The Morgan fingerprint density at radius 2 is 2.06 bits per heavy atom. The van der Waals surface area contributed by atoms with E-state index >= 15 is 0 Å². The zero-order valence-corrected chi connectivity index (χ0v) is 10.8. The molecule has 4 nitrogen and oxygen atoms in total. The first-order valence-electron chi connectivity index (χ1n) is 6.10. The van der Waals surface area contributed by atoms with Gasteiger partial charge in [-0.1, -0.05) is 13.8 Å². The molecule has 2 rings (SSSR count). The van der Waals surface area contributed by atoms with Gasteiger partial charge in [-0.2, -0.15) is 0 Å². The fraction of sp³-hybridized carbons (Fsp3) is 1.00. The molecule has 16 heavy (non-hydrogen) atoms. The summed E-state index contributed by atoms with van der Waals surface area (Å²) in [6.45, 7) is 4.95. The van der Waals surface area contributed by atoms with E-state index < -0.39 is 9.84 Å². The van der Waals surface area contributed by atoms with Crippen molar-refractivity contribution in [3.8, 4) is 0 Å². The molecule has 0 aliphatic carbocycles. The number of ether oxygens (including phenoxy) is 1. The van der Waals surface area contributed by atoms with Gasteiger partial charge in [0, 0.05) is 11.6 Å². The third-order valence-corrected chi connectivity index (χ3v) is 5.74. The Bertz CT molecular complexity index is 348. The van der Waals surface area contributed by atoms with Crippen LogP contribution in [0.15, 0.2) is 0 Å². The van der Waals surface area contributed by atoms with Crippen LogP contribution < -0.4 is 5.32 Å². The maximum absolute atomic E-state index is 11.6. The summed E-state index contributed by atoms with van der Waals surface area (Å²) in [5.41, 5.74) is -0.0198. The molecule has 2 atom stereocenters. The number of rotatable bonds is 2. The molecule has 0 saturated carbocycles. The molecule has 0 amide bonds. The highest BCUT2D eigenvalue weighted by Crippen LogP contribution is 2.28. The van der Waals surface area contributed by atoms with E-state index in [0.29, 0.717) is 13.0 Å². The van der Waals surface area contributed by atoms with Crippen molar-refractivity contribution in [2.45, 2.75) is 50.8 Å². The number of hydrogen-bond donors (Lipinski definition) is 1. The summed E-state index contributed by atoms with van der Waals surface area (Å²) >= 11 is 0. The topological polar surface area (TPSA) is 55.4 Å². The summed E-state index contributed by atoms with van der Waals surface area (Å²) in [5, 5.41) is 3.52. The van der Waals surface area contributed by atoms with Gasteiger partial charge >= 0.3 is 0 Å². The lowest BCUT2D eigenvalue weighted by Gasteiger charge is -2.47. The summed E-state index contributed by atoms with van der Waals surface area (Å²) < 4.78 is 29.0. The molecule has 0 spiro atoms. The highest BCUT2D eigenvalue weighted by Gasteiger charge is 2.43. The zero-order chi connectivity index (χ0) is 11.8.